The van der Waals surface area contributed by atoms with E-state index in [1.807, 2.05) is 0 Å². The summed E-state index contributed by atoms with van der Waals surface area (Å²) in [5.41, 5.74) is 10.1. The van der Waals surface area contributed by atoms with E-state index in [4.69, 9.17) is 0 Å². The van der Waals surface area contributed by atoms with E-state index >= 15 is 0 Å². The minimum atomic E-state index is 1.19. The first-order chi connectivity index (χ1) is 10.5. The maximum atomic E-state index is 3.59. The molecular formula is C22H21. The van der Waals surface area contributed by atoms with Crippen molar-refractivity contribution in [3.05, 3.63) is 82.9 Å². The Morgan fingerprint density at radius 1 is 0.682 bits per heavy atom. The van der Waals surface area contributed by atoms with Gasteiger partial charge in [0.25, 0.3) is 0 Å². The molecule has 0 nitrogen and oxygen atoms in total. The molecule has 109 valence electrons. The van der Waals surface area contributed by atoms with Gasteiger partial charge in [-0.2, -0.15) is 0 Å². The first-order valence-corrected chi connectivity index (χ1v) is 7.72. The third kappa shape index (κ3) is 2.82. The molecule has 3 aromatic carbocycles. The number of rotatable bonds is 2. The molecule has 0 aliphatic heterocycles. The van der Waals surface area contributed by atoms with E-state index in [0.29, 0.717) is 0 Å². The predicted molar refractivity (Wildman–Crippen MR) is 95.1 cm³/mol. The lowest BCUT2D eigenvalue weighted by Gasteiger charge is -2.15. The van der Waals surface area contributed by atoms with E-state index in [2.05, 4.69) is 88.4 Å². The molecule has 0 aromatic heterocycles. The van der Waals surface area contributed by atoms with E-state index < -0.39 is 0 Å². The van der Waals surface area contributed by atoms with Crippen molar-refractivity contribution >= 4 is 0 Å². The molecule has 0 heterocycles. The Morgan fingerprint density at radius 2 is 1.32 bits per heavy atom. The highest BCUT2D eigenvalue weighted by Crippen LogP contribution is 2.36. The molecule has 0 amide bonds. The van der Waals surface area contributed by atoms with Gasteiger partial charge < -0.3 is 0 Å². The van der Waals surface area contributed by atoms with Gasteiger partial charge in [-0.25, -0.2) is 0 Å². The molecule has 0 fully saturated rings. The maximum Gasteiger partial charge on any atom is -0.00210 e. The monoisotopic (exact) mass is 285 g/mol. The highest BCUT2D eigenvalue weighted by Gasteiger charge is 2.12. The van der Waals surface area contributed by atoms with E-state index in [1.165, 1.54) is 44.5 Å². The summed E-state index contributed by atoms with van der Waals surface area (Å²) in [6.07, 6.45) is 0. The quantitative estimate of drug-likeness (QED) is 0.537. The molecule has 0 aliphatic rings. The molecule has 0 saturated carbocycles. The molecule has 0 atom stereocenters. The van der Waals surface area contributed by atoms with Crippen LogP contribution in [-0.4, -0.2) is 0 Å². The summed E-state index contributed by atoms with van der Waals surface area (Å²) in [7, 11) is 0. The van der Waals surface area contributed by atoms with E-state index in [0.717, 1.165) is 0 Å². The Balaban J connectivity index is 2.31. The normalized spacial score (nSPS) is 10.7. The van der Waals surface area contributed by atoms with Crippen LogP contribution in [0.1, 0.15) is 22.3 Å². The van der Waals surface area contributed by atoms with Gasteiger partial charge in [0, 0.05) is 0 Å². The molecular weight excluding hydrogens is 264 g/mol. The molecule has 1 radical (unpaired) electrons. The van der Waals surface area contributed by atoms with Gasteiger partial charge in [0.2, 0.25) is 0 Å². The fraction of sp³-hybridized carbons (Fsp3) is 0.182. The van der Waals surface area contributed by atoms with E-state index in [-0.39, 0.29) is 0 Å². The topological polar surface area (TPSA) is 0 Å². The van der Waals surface area contributed by atoms with Crippen molar-refractivity contribution in [2.24, 2.45) is 0 Å². The van der Waals surface area contributed by atoms with Gasteiger partial charge in [0.05, 0.1) is 0 Å². The zero-order valence-corrected chi connectivity index (χ0v) is 13.7. The Morgan fingerprint density at radius 3 is 1.95 bits per heavy atom. The number of hydrogen-bond acceptors (Lipinski definition) is 0. The first-order valence-electron chi connectivity index (χ1n) is 7.72. The van der Waals surface area contributed by atoms with Crippen LogP contribution in [0.25, 0.3) is 22.3 Å². The van der Waals surface area contributed by atoms with Crippen LogP contribution in [0.5, 0.6) is 0 Å². The minimum absolute atomic E-state index is 1.19. The van der Waals surface area contributed by atoms with Gasteiger partial charge in [-0.15, -0.1) is 0 Å². The van der Waals surface area contributed by atoms with Crippen molar-refractivity contribution in [1.29, 1.82) is 0 Å². The summed E-state index contributed by atoms with van der Waals surface area (Å²) in [5.74, 6) is 0. The van der Waals surface area contributed by atoms with E-state index in [9.17, 15) is 0 Å². The molecule has 0 saturated heterocycles. The standard InChI is InChI=1S/C22H21/c1-15-10-16(2)13-20(12-15)21-14-17(3)11-18(4)22(21)19-8-6-5-7-9-19/h5-13H,1-4H3. The van der Waals surface area contributed by atoms with Crippen molar-refractivity contribution in [3.63, 3.8) is 0 Å². The molecule has 3 rings (SSSR count). The Labute approximate surface area is 133 Å². The first kappa shape index (κ1) is 14.6. The molecule has 0 bridgehead atoms. The lowest BCUT2D eigenvalue weighted by Crippen LogP contribution is -1.93. The largest absolute Gasteiger partial charge is 0.0622 e. The van der Waals surface area contributed by atoms with Gasteiger partial charge in [-0.3, -0.25) is 0 Å². The van der Waals surface area contributed by atoms with Crippen molar-refractivity contribution in [1.82, 2.24) is 0 Å². The molecule has 3 aromatic rings. The summed E-state index contributed by atoms with van der Waals surface area (Å²) in [6, 6.07) is 23.1. The highest BCUT2D eigenvalue weighted by atomic mass is 14.2. The summed E-state index contributed by atoms with van der Waals surface area (Å²) in [5, 5.41) is 0. The smallest absolute Gasteiger partial charge is 0.00210 e. The summed E-state index contributed by atoms with van der Waals surface area (Å²) >= 11 is 0. The van der Waals surface area contributed by atoms with Crippen LogP contribution in [0.15, 0.2) is 54.6 Å². The number of benzene rings is 3. The molecule has 0 N–H and O–H groups in total. The predicted octanol–water partition coefficient (Wildman–Crippen LogP) is 6.05. The second-order valence-corrected chi connectivity index (χ2v) is 6.13. The summed E-state index contributed by atoms with van der Waals surface area (Å²) < 4.78 is 0. The van der Waals surface area contributed by atoms with Crippen LogP contribution in [0, 0.1) is 33.8 Å². The third-order valence-corrected chi connectivity index (χ3v) is 3.97. The molecule has 22 heavy (non-hydrogen) atoms. The van der Waals surface area contributed by atoms with Crippen LogP contribution < -0.4 is 0 Å². The van der Waals surface area contributed by atoms with Gasteiger partial charge in [-0.05, 0) is 67.1 Å². The van der Waals surface area contributed by atoms with Crippen LogP contribution in [0.4, 0.5) is 0 Å². The number of hydrogen-bond donors (Lipinski definition) is 0. The minimum Gasteiger partial charge on any atom is -0.0622 e. The van der Waals surface area contributed by atoms with E-state index in [1.54, 1.807) is 0 Å². The van der Waals surface area contributed by atoms with Crippen molar-refractivity contribution in [2.75, 3.05) is 0 Å². The Bertz CT molecular complexity index is 791. The molecule has 0 unspecified atom stereocenters. The summed E-state index contributed by atoms with van der Waals surface area (Å²) in [4.78, 5) is 0. The Kier molecular flexibility index (Phi) is 3.85. The fourth-order valence-electron chi connectivity index (χ4n) is 3.20. The van der Waals surface area contributed by atoms with Crippen molar-refractivity contribution in [2.45, 2.75) is 27.7 Å². The zero-order chi connectivity index (χ0) is 15.7. The second-order valence-electron chi connectivity index (χ2n) is 6.13. The van der Waals surface area contributed by atoms with Gasteiger partial charge in [0.15, 0.2) is 0 Å². The number of aryl methyl sites for hydroxylation is 4. The van der Waals surface area contributed by atoms with Crippen LogP contribution >= 0.6 is 0 Å². The fourth-order valence-corrected chi connectivity index (χ4v) is 3.20. The maximum absolute atomic E-state index is 3.59. The van der Waals surface area contributed by atoms with Gasteiger partial charge in [-0.1, -0.05) is 65.7 Å². The highest BCUT2D eigenvalue weighted by molar-refractivity contribution is 5.86. The third-order valence-electron chi connectivity index (χ3n) is 3.97. The SMILES string of the molecule is Cc1[c]c(-c2cc(C)cc(C)c2)c(-c2ccccc2)c(C)c1. The average Bonchev–Trinajstić information content (AvgIpc) is 2.46. The van der Waals surface area contributed by atoms with Crippen molar-refractivity contribution in [3.8, 4) is 22.3 Å². The molecule has 0 heteroatoms. The molecule has 0 aliphatic carbocycles. The van der Waals surface area contributed by atoms with Crippen LogP contribution in [0.3, 0.4) is 0 Å². The second kappa shape index (κ2) is 5.81. The Hall–Kier alpha value is -2.34. The average molecular weight is 285 g/mol. The van der Waals surface area contributed by atoms with Gasteiger partial charge in [0.1, 0.15) is 0 Å². The van der Waals surface area contributed by atoms with Gasteiger partial charge >= 0.3 is 0 Å². The molecule has 0 spiro atoms. The lowest BCUT2D eigenvalue weighted by atomic mass is 9.88. The zero-order valence-electron chi connectivity index (χ0n) is 13.7. The van der Waals surface area contributed by atoms with Crippen LogP contribution in [-0.2, 0) is 0 Å². The van der Waals surface area contributed by atoms with Crippen molar-refractivity contribution < 1.29 is 0 Å². The van der Waals surface area contributed by atoms with Crippen LogP contribution in [0.2, 0.25) is 0 Å². The summed E-state index contributed by atoms with van der Waals surface area (Å²) in [6.45, 7) is 8.62. The lowest BCUT2D eigenvalue weighted by molar-refractivity contribution is 1.35.